The number of amides is 1. The fourth-order valence-electron chi connectivity index (χ4n) is 5.17. The first-order chi connectivity index (χ1) is 16.8. The first-order valence-corrected chi connectivity index (χ1v) is 12.4. The number of aromatic nitrogens is 4. The molecule has 2 aromatic heterocycles. The SMILES string of the molecule is CCCC(CCC)c1nnc2c(=O)[nH]c3cc(C(=O)N4CCc5cc(Cl)c(F)cc54)c(C)cc3n12. The first-order valence-electron chi connectivity index (χ1n) is 12.1. The summed E-state index contributed by atoms with van der Waals surface area (Å²) < 4.78 is 16.0. The molecule has 9 heteroatoms. The summed E-state index contributed by atoms with van der Waals surface area (Å²) in [5.74, 6) is 0.166. The molecule has 0 saturated carbocycles. The van der Waals surface area contributed by atoms with Crippen molar-refractivity contribution in [2.24, 2.45) is 0 Å². The molecule has 0 fully saturated rings. The van der Waals surface area contributed by atoms with E-state index in [0.717, 1.165) is 48.2 Å². The van der Waals surface area contributed by atoms with Crippen molar-refractivity contribution in [1.82, 2.24) is 19.6 Å². The Morgan fingerprint density at radius 2 is 1.91 bits per heavy atom. The molecule has 3 heterocycles. The molecule has 0 atom stereocenters. The quantitative estimate of drug-likeness (QED) is 0.379. The van der Waals surface area contributed by atoms with Gasteiger partial charge in [0.15, 0.2) is 0 Å². The van der Waals surface area contributed by atoms with Gasteiger partial charge in [0.25, 0.3) is 11.5 Å². The lowest BCUT2D eigenvalue weighted by Gasteiger charge is -2.20. The minimum absolute atomic E-state index is 0.0516. The molecule has 5 rings (SSSR count). The van der Waals surface area contributed by atoms with E-state index in [1.807, 2.05) is 17.4 Å². The minimum atomic E-state index is -0.555. The second-order valence-corrected chi connectivity index (χ2v) is 9.64. The van der Waals surface area contributed by atoms with Crippen LogP contribution in [-0.2, 0) is 6.42 Å². The smallest absolute Gasteiger partial charge is 0.294 e. The molecule has 1 aliphatic rings. The Kier molecular flexibility index (Phi) is 6.09. The van der Waals surface area contributed by atoms with Crippen LogP contribution in [0.15, 0.2) is 29.1 Å². The average molecular weight is 496 g/mol. The van der Waals surface area contributed by atoms with E-state index in [-0.39, 0.29) is 28.1 Å². The third-order valence-corrected chi connectivity index (χ3v) is 7.14. The molecule has 0 aliphatic carbocycles. The highest BCUT2D eigenvalue weighted by Crippen LogP contribution is 2.34. The second-order valence-electron chi connectivity index (χ2n) is 9.23. The largest absolute Gasteiger partial charge is 0.317 e. The number of rotatable bonds is 6. The van der Waals surface area contributed by atoms with Gasteiger partial charge in [-0.15, -0.1) is 10.2 Å². The van der Waals surface area contributed by atoms with Crippen LogP contribution in [-0.4, -0.2) is 32.0 Å². The van der Waals surface area contributed by atoms with E-state index in [0.29, 0.717) is 29.7 Å². The van der Waals surface area contributed by atoms with Crippen LogP contribution in [0, 0.1) is 12.7 Å². The van der Waals surface area contributed by atoms with Crippen LogP contribution < -0.4 is 10.5 Å². The zero-order chi connectivity index (χ0) is 24.9. The summed E-state index contributed by atoms with van der Waals surface area (Å²) in [7, 11) is 0. The van der Waals surface area contributed by atoms with Gasteiger partial charge in [-0.05, 0) is 61.6 Å². The predicted molar refractivity (Wildman–Crippen MR) is 135 cm³/mol. The van der Waals surface area contributed by atoms with E-state index in [1.54, 1.807) is 17.0 Å². The molecule has 1 N–H and O–H groups in total. The van der Waals surface area contributed by atoms with Crippen molar-refractivity contribution in [2.75, 3.05) is 11.4 Å². The maximum atomic E-state index is 14.2. The van der Waals surface area contributed by atoms with E-state index in [1.165, 1.54) is 6.07 Å². The predicted octanol–water partition coefficient (Wildman–Crippen LogP) is 5.56. The molecule has 7 nitrogen and oxygen atoms in total. The Bertz CT molecular complexity index is 1520. The maximum Gasteiger partial charge on any atom is 0.294 e. The fourth-order valence-corrected chi connectivity index (χ4v) is 5.36. The van der Waals surface area contributed by atoms with E-state index < -0.39 is 5.82 Å². The Morgan fingerprint density at radius 1 is 1.17 bits per heavy atom. The number of fused-ring (bicyclic) bond motifs is 4. The van der Waals surface area contributed by atoms with Gasteiger partial charge in [-0.2, -0.15) is 0 Å². The Balaban J connectivity index is 1.64. The van der Waals surface area contributed by atoms with E-state index in [4.69, 9.17) is 11.6 Å². The zero-order valence-corrected chi connectivity index (χ0v) is 20.7. The van der Waals surface area contributed by atoms with Crippen molar-refractivity contribution in [3.63, 3.8) is 0 Å². The van der Waals surface area contributed by atoms with Crippen LogP contribution >= 0.6 is 11.6 Å². The number of hydrogen-bond donors (Lipinski definition) is 1. The standard InChI is InChI=1S/C26H27ClFN5O2/c1-4-6-15(7-5-2)23-30-31-24-25(34)29-20-12-17(14(3)10-22(20)33(23)24)26(35)32-9-8-16-11-18(27)19(28)13-21(16)32/h10-13,15H,4-9H2,1-3H3,(H,29,34). The topological polar surface area (TPSA) is 83.4 Å². The first kappa shape index (κ1) is 23.5. The van der Waals surface area contributed by atoms with Crippen molar-refractivity contribution < 1.29 is 9.18 Å². The number of carbonyl (C=O) groups excluding carboxylic acids is 1. The van der Waals surface area contributed by atoms with Crippen LogP contribution in [0.5, 0.6) is 0 Å². The molecular formula is C26H27ClFN5O2. The molecular weight excluding hydrogens is 469 g/mol. The Morgan fingerprint density at radius 3 is 2.63 bits per heavy atom. The summed E-state index contributed by atoms with van der Waals surface area (Å²) in [6, 6.07) is 6.50. The van der Waals surface area contributed by atoms with Gasteiger partial charge >= 0.3 is 0 Å². The normalized spacial score (nSPS) is 13.4. The van der Waals surface area contributed by atoms with Crippen molar-refractivity contribution >= 4 is 39.9 Å². The molecule has 182 valence electrons. The third kappa shape index (κ3) is 3.89. The number of benzene rings is 2. The highest BCUT2D eigenvalue weighted by molar-refractivity contribution is 6.31. The fraction of sp³-hybridized carbons (Fsp3) is 0.385. The highest BCUT2D eigenvalue weighted by Gasteiger charge is 2.29. The van der Waals surface area contributed by atoms with Gasteiger partial charge in [0, 0.05) is 18.0 Å². The molecule has 0 saturated heterocycles. The molecule has 0 bridgehead atoms. The minimum Gasteiger partial charge on any atom is -0.317 e. The second kappa shape index (κ2) is 9.07. The number of aryl methyl sites for hydroxylation is 1. The molecule has 4 aromatic rings. The number of hydrogen-bond acceptors (Lipinski definition) is 4. The monoisotopic (exact) mass is 495 g/mol. The number of aromatic amines is 1. The third-order valence-electron chi connectivity index (χ3n) is 6.86. The van der Waals surface area contributed by atoms with E-state index in [2.05, 4.69) is 29.0 Å². The number of nitrogens with one attached hydrogen (secondary N) is 1. The molecule has 0 spiro atoms. The lowest BCUT2D eigenvalue weighted by molar-refractivity contribution is 0.0989. The number of halogens is 2. The van der Waals surface area contributed by atoms with E-state index >= 15 is 0 Å². The van der Waals surface area contributed by atoms with Gasteiger partial charge in [-0.3, -0.25) is 14.0 Å². The summed E-state index contributed by atoms with van der Waals surface area (Å²) in [6.07, 6.45) is 4.51. The number of nitrogens with zero attached hydrogens (tertiary/aromatic N) is 4. The molecule has 1 aliphatic heterocycles. The lowest BCUT2D eigenvalue weighted by Crippen LogP contribution is -2.29. The lowest BCUT2D eigenvalue weighted by atomic mass is 9.97. The number of H-pyrrole nitrogens is 1. The molecule has 2 aromatic carbocycles. The van der Waals surface area contributed by atoms with Crippen molar-refractivity contribution in [3.05, 3.63) is 68.0 Å². The molecule has 35 heavy (non-hydrogen) atoms. The van der Waals surface area contributed by atoms with Crippen LogP contribution in [0.25, 0.3) is 16.7 Å². The summed E-state index contributed by atoms with van der Waals surface area (Å²) >= 11 is 5.93. The van der Waals surface area contributed by atoms with Gasteiger partial charge in [-0.1, -0.05) is 38.3 Å². The molecule has 0 unspecified atom stereocenters. The van der Waals surface area contributed by atoms with Gasteiger partial charge < -0.3 is 9.88 Å². The van der Waals surface area contributed by atoms with Crippen molar-refractivity contribution in [1.29, 1.82) is 0 Å². The summed E-state index contributed by atoms with van der Waals surface area (Å²) in [5.41, 5.74) is 3.76. The summed E-state index contributed by atoms with van der Waals surface area (Å²) in [6.45, 7) is 6.57. The van der Waals surface area contributed by atoms with Gasteiger partial charge in [0.05, 0.1) is 21.7 Å². The van der Waals surface area contributed by atoms with Gasteiger partial charge in [0.2, 0.25) is 5.65 Å². The average Bonchev–Trinajstić information content (AvgIpc) is 3.44. The number of anilines is 1. The van der Waals surface area contributed by atoms with Crippen molar-refractivity contribution in [3.8, 4) is 0 Å². The van der Waals surface area contributed by atoms with E-state index in [9.17, 15) is 14.0 Å². The Hall–Kier alpha value is -3.26. The maximum absolute atomic E-state index is 14.2. The highest BCUT2D eigenvalue weighted by atomic mass is 35.5. The van der Waals surface area contributed by atoms with Crippen molar-refractivity contribution in [2.45, 2.75) is 58.8 Å². The molecule has 1 amide bonds. The molecule has 0 radical (unpaired) electrons. The van der Waals surface area contributed by atoms with Gasteiger partial charge in [0.1, 0.15) is 11.6 Å². The van der Waals surface area contributed by atoms with Crippen LogP contribution in [0.4, 0.5) is 10.1 Å². The van der Waals surface area contributed by atoms with Gasteiger partial charge in [-0.25, -0.2) is 4.39 Å². The number of carbonyl (C=O) groups is 1. The summed E-state index contributed by atoms with van der Waals surface area (Å²) in [5, 5.41) is 8.65. The van der Waals surface area contributed by atoms with Crippen LogP contribution in [0.2, 0.25) is 5.02 Å². The summed E-state index contributed by atoms with van der Waals surface area (Å²) in [4.78, 5) is 30.9. The van der Waals surface area contributed by atoms with Crippen LogP contribution in [0.1, 0.15) is 72.8 Å². The zero-order valence-electron chi connectivity index (χ0n) is 20.0. The Labute approximate surface area is 206 Å². The van der Waals surface area contributed by atoms with Crippen LogP contribution in [0.3, 0.4) is 0 Å².